The van der Waals surface area contributed by atoms with E-state index in [1.54, 1.807) is 0 Å². The summed E-state index contributed by atoms with van der Waals surface area (Å²) in [5.74, 6) is 5.97. The molecule has 0 spiro atoms. The largest absolute Gasteiger partial charge is 0.360 e. The zero-order chi connectivity index (χ0) is 9.10. The molecule has 1 atom stereocenters. The first-order chi connectivity index (χ1) is 6.42. The zero-order valence-corrected chi connectivity index (χ0v) is 7.71. The lowest BCUT2D eigenvalue weighted by Crippen LogP contribution is -2.14. The van der Waals surface area contributed by atoms with Crippen molar-refractivity contribution >= 4 is 0 Å². The van der Waals surface area contributed by atoms with Gasteiger partial charge in [-0.2, -0.15) is 0 Å². The highest BCUT2D eigenvalue weighted by Crippen LogP contribution is 2.25. The molecule has 0 aromatic heterocycles. The molecule has 1 unspecified atom stereocenters. The summed E-state index contributed by atoms with van der Waals surface area (Å²) in [5.41, 5.74) is 2.62. The topological polar surface area (TPSA) is 9.23 Å². The van der Waals surface area contributed by atoms with Crippen molar-refractivity contribution in [3.8, 4) is 11.8 Å². The summed E-state index contributed by atoms with van der Waals surface area (Å²) in [5, 5.41) is 0. The molecule has 0 amide bonds. The third-order valence-electron chi connectivity index (χ3n) is 2.27. The van der Waals surface area contributed by atoms with Gasteiger partial charge in [0.05, 0.1) is 6.61 Å². The van der Waals surface area contributed by atoms with Gasteiger partial charge in [-0.05, 0) is 24.5 Å². The Morgan fingerprint density at radius 2 is 2.23 bits per heavy atom. The van der Waals surface area contributed by atoms with Gasteiger partial charge >= 0.3 is 0 Å². The van der Waals surface area contributed by atoms with Crippen LogP contribution in [0.25, 0.3) is 0 Å². The van der Waals surface area contributed by atoms with Crippen LogP contribution in [0.15, 0.2) is 24.3 Å². The molecule has 0 saturated heterocycles. The minimum atomic E-state index is -0.00468. The van der Waals surface area contributed by atoms with Crippen molar-refractivity contribution in [3.05, 3.63) is 35.4 Å². The molecular formula is C12H12O. The van der Waals surface area contributed by atoms with Crippen molar-refractivity contribution in [1.82, 2.24) is 0 Å². The van der Waals surface area contributed by atoms with Crippen molar-refractivity contribution < 1.29 is 4.74 Å². The average molecular weight is 172 g/mol. The van der Waals surface area contributed by atoms with Gasteiger partial charge in [0.2, 0.25) is 0 Å². The number of hydrogen-bond donors (Lipinski definition) is 0. The summed E-state index contributed by atoms with van der Waals surface area (Å²) in [6.45, 7) is 2.64. The lowest BCUT2D eigenvalue weighted by molar-refractivity contribution is 0.0813. The molecule has 66 valence electrons. The van der Waals surface area contributed by atoms with Gasteiger partial charge in [-0.25, -0.2) is 0 Å². The first-order valence-corrected chi connectivity index (χ1v) is 4.53. The summed E-state index contributed by atoms with van der Waals surface area (Å²) >= 11 is 0. The van der Waals surface area contributed by atoms with Crippen LogP contribution in [0.2, 0.25) is 0 Å². The minimum Gasteiger partial charge on any atom is -0.360 e. The fourth-order valence-electron chi connectivity index (χ4n) is 1.64. The van der Waals surface area contributed by atoms with E-state index in [1.165, 1.54) is 11.1 Å². The molecule has 1 aromatic rings. The Morgan fingerprint density at radius 3 is 3.08 bits per heavy atom. The summed E-state index contributed by atoms with van der Waals surface area (Å²) in [6, 6.07) is 8.37. The van der Waals surface area contributed by atoms with Gasteiger partial charge in [-0.15, -0.1) is 5.92 Å². The molecule has 0 fully saturated rings. The summed E-state index contributed by atoms with van der Waals surface area (Å²) in [6.07, 6.45) is 1.01. The van der Waals surface area contributed by atoms with Gasteiger partial charge in [0.15, 0.2) is 0 Å². The molecule has 1 aliphatic rings. The Balaban J connectivity index is 2.40. The highest BCUT2D eigenvalue weighted by molar-refractivity contribution is 5.35. The molecule has 2 rings (SSSR count). The second-order valence-electron chi connectivity index (χ2n) is 3.09. The second-order valence-corrected chi connectivity index (χ2v) is 3.09. The molecule has 13 heavy (non-hydrogen) atoms. The normalized spacial score (nSPS) is 19.9. The average Bonchev–Trinajstić information content (AvgIpc) is 2.19. The number of rotatable bonds is 0. The molecule has 0 aliphatic carbocycles. The monoisotopic (exact) mass is 172 g/mol. The van der Waals surface area contributed by atoms with E-state index in [-0.39, 0.29) is 6.10 Å². The van der Waals surface area contributed by atoms with E-state index < -0.39 is 0 Å². The van der Waals surface area contributed by atoms with Gasteiger partial charge in [0.1, 0.15) is 6.10 Å². The molecule has 1 heteroatoms. The molecule has 1 nitrogen and oxygen atoms in total. The third kappa shape index (κ3) is 1.59. The van der Waals surface area contributed by atoms with E-state index in [1.807, 2.05) is 13.0 Å². The van der Waals surface area contributed by atoms with E-state index >= 15 is 0 Å². The van der Waals surface area contributed by atoms with E-state index in [4.69, 9.17) is 4.74 Å². The summed E-state index contributed by atoms with van der Waals surface area (Å²) in [7, 11) is 0. The first kappa shape index (κ1) is 8.34. The molecule has 1 aliphatic heterocycles. The van der Waals surface area contributed by atoms with Crippen LogP contribution in [0, 0.1) is 11.8 Å². The molecule has 0 radical (unpaired) electrons. The van der Waals surface area contributed by atoms with Crippen LogP contribution in [0.4, 0.5) is 0 Å². The van der Waals surface area contributed by atoms with Crippen LogP contribution in [0.5, 0.6) is 0 Å². The highest BCUT2D eigenvalue weighted by Gasteiger charge is 2.17. The smallest absolute Gasteiger partial charge is 0.143 e. The lowest BCUT2D eigenvalue weighted by atomic mass is 9.98. The van der Waals surface area contributed by atoms with Crippen molar-refractivity contribution in [2.24, 2.45) is 0 Å². The van der Waals surface area contributed by atoms with E-state index in [0.29, 0.717) is 0 Å². The molecule has 1 heterocycles. The summed E-state index contributed by atoms with van der Waals surface area (Å²) < 4.78 is 5.57. The van der Waals surface area contributed by atoms with Crippen molar-refractivity contribution in [2.75, 3.05) is 6.61 Å². The van der Waals surface area contributed by atoms with Crippen LogP contribution < -0.4 is 0 Å². The second kappa shape index (κ2) is 3.64. The van der Waals surface area contributed by atoms with Crippen LogP contribution in [-0.2, 0) is 11.2 Å². The third-order valence-corrected chi connectivity index (χ3v) is 2.27. The predicted octanol–water partition coefficient (Wildman–Crippen LogP) is 2.32. The van der Waals surface area contributed by atoms with Crippen molar-refractivity contribution in [3.63, 3.8) is 0 Å². The molecule has 0 bridgehead atoms. The van der Waals surface area contributed by atoms with Gasteiger partial charge in [0, 0.05) is 0 Å². The Kier molecular flexibility index (Phi) is 2.33. The number of fused-ring (bicyclic) bond motifs is 1. The fraction of sp³-hybridized carbons (Fsp3) is 0.333. The lowest BCUT2D eigenvalue weighted by Gasteiger charge is -2.21. The molecule has 1 aromatic carbocycles. The first-order valence-electron chi connectivity index (χ1n) is 4.53. The Bertz CT molecular complexity index is 357. The maximum absolute atomic E-state index is 5.57. The number of benzene rings is 1. The summed E-state index contributed by atoms with van der Waals surface area (Å²) in [4.78, 5) is 0. The van der Waals surface area contributed by atoms with Gasteiger partial charge in [-0.1, -0.05) is 30.2 Å². The maximum Gasteiger partial charge on any atom is 0.143 e. The molecule has 0 saturated carbocycles. The Labute approximate surface area is 78.7 Å². The van der Waals surface area contributed by atoms with Crippen LogP contribution >= 0.6 is 0 Å². The van der Waals surface area contributed by atoms with Crippen LogP contribution in [0.1, 0.15) is 24.2 Å². The predicted molar refractivity (Wildman–Crippen MR) is 52.3 cm³/mol. The van der Waals surface area contributed by atoms with E-state index in [0.717, 1.165) is 13.0 Å². The SMILES string of the molecule is CC#CC1OCCc2ccccc21. The van der Waals surface area contributed by atoms with Crippen molar-refractivity contribution in [2.45, 2.75) is 19.4 Å². The fourth-order valence-corrected chi connectivity index (χ4v) is 1.64. The standard InChI is InChI=1S/C12H12O/c1-2-5-12-11-7-4-3-6-10(11)8-9-13-12/h3-4,6-7,12H,8-9H2,1H3. The number of hydrogen-bond acceptors (Lipinski definition) is 1. The molecule has 0 N–H and O–H groups in total. The van der Waals surface area contributed by atoms with E-state index in [9.17, 15) is 0 Å². The van der Waals surface area contributed by atoms with Crippen LogP contribution in [0.3, 0.4) is 0 Å². The minimum absolute atomic E-state index is 0.00468. The highest BCUT2D eigenvalue weighted by atomic mass is 16.5. The van der Waals surface area contributed by atoms with Crippen LogP contribution in [-0.4, -0.2) is 6.61 Å². The zero-order valence-electron chi connectivity index (χ0n) is 7.71. The maximum atomic E-state index is 5.57. The van der Waals surface area contributed by atoms with E-state index in [2.05, 4.69) is 30.0 Å². The molecular weight excluding hydrogens is 160 g/mol. The van der Waals surface area contributed by atoms with Gasteiger partial charge in [0.25, 0.3) is 0 Å². The number of ether oxygens (including phenoxy) is 1. The Hall–Kier alpha value is -1.26. The van der Waals surface area contributed by atoms with Gasteiger partial charge < -0.3 is 4.74 Å². The quantitative estimate of drug-likeness (QED) is 0.546. The van der Waals surface area contributed by atoms with Gasteiger partial charge in [-0.3, -0.25) is 0 Å². The Morgan fingerprint density at radius 1 is 1.38 bits per heavy atom. The van der Waals surface area contributed by atoms with Crippen molar-refractivity contribution in [1.29, 1.82) is 0 Å².